The fourth-order valence-corrected chi connectivity index (χ4v) is 1.50. The largest absolute Gasteiger partial charge is 0.322 e. The molecule has 0 aliphatic heterocycles. The first-order chi connectivity index (χ1) is 9.69. The molecule has 1 heterocycles. The second-order valence-electron chi connectivity index (χ2n) is 3.84. The Balaban J connectivity index is 2.04. The van der Waals surface area contributed by atoms with Crippen molar-refractivity contribution in [3.63, 3.8) is 0 Å². The van der Waals surface area contributed by atoms with Gasteiger partial charge < -0.3 is 11.1 Å². The second kappa shape index (κ2) is 6.45. The first-order valence-corrected chi connectivity index (χ1v) is 5.80. The average Bonchev–Trinajstić information content (AvgIpc) is 2.92. The molecule has 0 radical (unpaired) electrons. The number of nitrogens with zero attached hydrogens (tertiary/aromatic N) is 3. The SMILES string of the molecule is NCC#Cc1ccc(NC(=O)Cn2cncn2)c(F)c1. The van der Waals surface area contributed by atoms with Gasteiger partial charge in [0, 0.05) is 5.56 Å². The molecule has 1 aromatic carbocycles. The maximum atomic E-state index is 13.8. The summed E-state index contributed by atoms with van der Waals surface area (Å²) in [5.41, 5.74) is 5.83. The molecule has 102 valence electrons. The van der Waals surface area contributed by atoms with E-state index < -0.39 is 11.7 Å². The second-order valence-corrected chi connectivity index (χ2v) is 3.84. The normalized spacial score (nSPS) is 9.70. The number of amides is 1. The highest BCUT2D eigenvalue weighted by atomic mass is 19.1. The summed E-state index contributed by atoms with van der Waals surface area (Å²) in [6.07, 6.45) is 2.72. The fraction of sp³-hybridized carbons (Fsp3) is 0.154. The molecule has 6 nitrogen and oxygen atoms in total. The van der Waals surface area contributed by atoms with Crippen LogP contribution < -0.4 is 11.1 Å². The Labute approximate surface area is 114 Å². The van der Waals surface area contributed by atoms with E-state index in [-0.39, 0.29) is 18.8 Å². The van der Waals surface area contributed by atoms with Gasteiger partial charge in [0.15, 0.2) is 0 Å². The van der Waals surface area contributed by atoms with Crippen LogP contribution in [0, 0.1) is 17.7 Å². The zero-order valence-electron chi connectivity index (χ0n) is 10.5. The standard InChI is InChI=1S/C13H12FN5O/c14-11-6-10(2-1-5-15)3-4-12(11)18-13(20)7-19-9-16-8-17-19/h3-4,6,8-9H,5,7,15H2,(H,18,20). The van der Waals surface area contributed by atoms with Crippen molar-refractivity contribution in [2.75, 3.05) is 11.9 Å². The number of carbonyl (C=O) groups excluding carboxylic acids is 1. The van der Waals surface area contributed by atoms with Crippen molar-refractivity contribution in [3.8, 4) is 11.8 Å². The van der Waals surface area contributed by atoms with Gasteiger partial charge in [0.2, 0.25) is 5.91 Å². The lowest BCUT2D eigenvalue weighted by atomic mass is 10.2. The molecule has 20 heavy (non-hydrogen) atoms. The van der Waals surface area contributed by atoms with Crippen LogP contribution in [-0.4, -0.2) is 27.2 Å². The zero-order chi connectivity index (χ0) is 14.4. The smallest absolute Gasteiger partial charge is 0.246 e. The Hall–Kier alpha value is -2.72. The van der Waals surface area contributed by atoms with Gasteiger partial charge in [-0.2, -0.15) is 5.10 Å². The number of nitrogens with one attached hydrogen (secondary N) is 1. The van der Waals surface area contributed by atoms with Gasteiger partial charge in [0.05, 0.1) is 12.2 Å². The number of rotatable bonds is 3. The van der Waals surface area contributed by atoms with Crippen molar-refractivity contribution < 1.29 is 9.18 Å². The van der Waals surface area contributed by atoms with Gasteiger partial charge in [-0.15, -0.1) is 0 Å². The number of nitrogens with two attached hydrogens (primary N) is 1. The summed E-state index contributed by atoms with van der Waals surface area (Å²) in [6, 6.07) is 4.31. The lowest BCUT2D eigenvalue weighted by Crippen LogP contribution is -2.19. The van der Waals surface area contributed by atoms with Crippen LogP contribution in [0.2, 0.25) is 0 Å². The van der Waals surface area contributed by atoms with Crippen LogP contribution in [0.5, 0.6) is 0 Å². The quantitative estimate of drug-likeness (QED) is 0.791. The first-order valence-electron chi connectivity index (χ1n) is 5.80. The molecule has 7 heteroatoms. The number of hydrogen-bond donors (Lipinski definition) is 2. The van der Waals surface area contributed by atoms with Crippen LogP contribution >= 0.6 is 0 Å². The molecule has 0 spiro atoms. The highest BCUT2D eigenvalue weighted by molar-refractivity contribution is 5.90. The molecular weight excluding hydrogens is 261 g/mol. The zero-order valence-corrected chi connectivity index (χ0v) is 10.5. The summed E-state index contributed by atoms with van der Waals surface area (Å²) in [5, 5.41) is 6.25. The fourth-order valence-electron chi connectivity index (χ4n) is 1.50. The summed E-state index contributed by atoms with van der Waals surface area (Å²) in [5.74, 6) is 4.39. The third-order valence-electron chi connectivity index (χ3n) is 2.35. The molecule has 3 N–H and O–H groups in total. The minimum atomic E-state index is -0.555. The van der Waals surface area contributed by atoms with Crippen LogP contribution in [0.25, 0.3) is 0 Å². The predicted molar refractivity (Wildman–Crippen MR) is 71.0 cm³/mol. The van der Waals surface area contributed by atoms with Crippen LogP contribution in [0.1, 0.15) is 5.56 Å². The highest BCUT2D eigenvalue weighted by Crippen LogP contribution is 2.15. The van der Waals surface area contributed by atoms with Gasteiger partial charge in [0.1, 0.15) is 25.0 Å². The van der Waals surface area contributed by atoms with Crippen LogP contribution in [0.3, 0.4) is 0 Å². The van der Waals surface area contributed by atoms with Crippen molar-refractivity contribution in [3.05, 3.63) is 42.2 Å². The molecule has 0 bridgehead atoms. The van der Waals surface area contributed by atoms with Gasteiger partial charge in [-0.25, -0.2) is 14.1 Å². The number of hydrogen-bond acceptors (Lipinski definition) is 4. The van der Waals surface area contributed by atoms with Gasteiger partial charge in [-0.3, -0.25) is 4.79 Å². The third-order valence-corrected chi connectivity index (χ3v) is 2.35. The van der Waals surface area contributed by atoms with Gasteiger partial charge in [-0.1, -0.05) is 11.8 Å². The molecule has 0 atom stereocenters. The predicted octanol–water partition coefficient (Wildman–Crippen LogP) is 0.366. The van der Waals surface area contributed by atoms with Crippen molar-refractivity contribution in [2.45, 2.75) is 6.54 Å². The molecule has 1 aromatic heterocycles. The topological polar surface area (TPSA) is 85.8 Å². The Morgan fingerprint density at radius 2 is 2.35 bits per heavy atom. The minimum Gasteiger partial charge on any atom is -0.322 e. The first kappa shape index (κ1) is 13.7. The average molecular weight is 273 g/mol. The van der Waals surface area contributed by atoms with E-state index >= 15 is 0 Å². The van der Waals surface area contributed by atoms with Gasteiger partial charge >= 0.3 is 0 Å². The summed E-state index contributed by atoms with van der Waals surface area (Å²) < 4.78 is 15.1. The Morgan fingerprint density at radius 3 is 3.00 bits per heavy atom. The van der Waals surface area contributed by atoms with E-state index in [0.29, 0.717) is 5.56 Å². The molecular formula is C13H12FN5O. The molecule has 1 amide bonds. The lowest BCUT2D eigenvalue weighted by molar-refractivity contribution is -0.116. The summed E-state index contributed by atoms with van der Waals surface area (Å²) in [6.45, 7) is 0.173. The maximum Gasteiger partial charge on any atom is 0.246 e. The van der Waals surface area contributed by atoms with Crippen LogP contribution in [-0.2, 0) is 11.3 Å². The maximum absolute atomic E-state index is 13.8. The third kappa shape index (κ3) is 3.63. The molecule has 2 aromatic rings. The van der Waals surface area contributed by atoms with E-state index in [0.717, 1.165) is 0 Å². The number of halogens is 1. The Kier molecular flexibility index (Phi) is 4.42. The van der Waals surface area contributed by atoms with E-state index in [9.17, 15) is 9.18 Å². The molecule has 0 unspecified atom stereocenters. The monoisotopic (exact) mass is 273 g/mol. The molecule has 0 fully saturated rings. The van der Waals surface area contributed by atoms with E-state index in [1.807, 2.05) is 0 Å². The van der Waals surface area contributed by atoms with Crippen molar-refractivity contribution in [1.82, 2.24) is 14.8 Å². The molecule has 0 saturated heterocycles. The highest BCUT2D eigenvalue weighted by Gasteiger charge is 2.08. The van der Waals surface area contributed by atoms with E-state index in [4.69, 9.17) is 5.73 Å². The Bertz CT molecular complexity index is 657. The molecule has 2 rings (SSSR count). The van der Waals surface area contributed by atoms with Gasteiger partial charge in [0.25, 0.3) is 0 Å². The van der Waals surface area contributed by atoms with E-state index in [1.54, 1.807) is 6.07 Å². The lowest BCUT2D eigenvalue weighted by Gasteiger charge is -2.06. The minimum absolute atomic E-state index is 0.0336. The number of carbonyl (C=O) groups is 1. The van der Waals surface area contributed by atoms with Crippen LogP contribution in [0.15, 0.2) is 30.9 Å². The van der Waals surface area contributed by atoms with Gasteiger partial charge in [-0.05, 0) is 18.2 Å². The van der Waals surface area contributed by atoms with E-state index in [1.165, 1.54) is 29.5 Å². The molecule has 0 aliphatic carbocycles. The summed E-state index contributed by atoms with van der Waals surface area (Å²) in [4.78, 5) is 15.4. The van der Waals surface area contributed by atoms with Crippen molar-refractivity contribution in [2.24, 2.45) is 5.73 Å². The summed E-state index contributed by atoms with van der Waals surface area (Å²) >= 11 is 0. The number of aromatic nitrogens is 3. The Morgan fingerprint density at radius 1 is 1.50 bits per heavy atom. The van der Waals surface area contributed by atoms with Crippen LogP contribution in [0.4, 0.5) is 10.1 Å². The summed E-state index contributed by atoms with van der Waals surface area (Å²) in [7, 11) is 0. The van der Waals surface area contributed by atoms with E-state index in [2.05, 4.69) is 27.2 Å². The van der Waals surface area contributed by atoms with Crippen molar-refractivity contribution >= 4 is 11.6 Å². The number of anilines is 1. The number of benzene rings is 1. The van der Waals surface area contributed by atoms with Crippen molar-refractivity contribution in [1.29, 1.82) is 0 Å². The molecule has 0 saturated carbocycles. The molecule has 0 aliphatic rings.